The van der Waals surface area contributed by atoms with E-state index in [0.717, 1.165) is 18.9 Å². The second-order valence-electron chi connectivity index (χ2n) is 5.67. The largest absolute Gasteiger partial charge is 0.418 e. The van der Waals surface area contributed by atoms with Crippen molar-refractivity contribution in [3.63, 3.8) is 0 Å². The Kier molecular flexibility index (Phi) is 3.41. The Morgan fingerprint density at radius 1 is 1.32 bits per heavy atom. The number of hydrogen-bond donors (Lipinski definition) is 2. The van der Waals surface area contributed by atoms with E-state index in [2.05, 4.69) is 19.2 Å². The van der Waals surface area contributed by atoms with E-state index in [-0.39, 0.29) is 11.1 Å². The predicted octanol–water partition coefficient (Wildman–Crippen LogP) is 4.14. The smallest absolute Gasteiger partial charge is 0.398 e. The van der Waals surface area contributed by atoms with Crippen molar-refractivity contribution in [2.24, 2.45) is 11.3 Å². The van der Waals surface area contributed by atoms with E-state index in [0.29, 0.717) is 18.2 Å². The molecule has 0 heterocycles. The lowest BCUT2D eigenvalue weighted by Gasteiger charge is -2.21. The van der Waals surface area contributed by atoms with Crippen LogP contribution in [-0.2, 0) is 6.18 Å². The molecule has 0 atom stereocenters. The molecule has 0 radical (unpaired) electrons. The van der Waals surface area contributed by atoms with Gasteiger partial charge < -0.3 is 11.1 Å². The normalized spacial score (nSPS) is 17.6. The first-order valence-electron chi connectivity index (χ1n) is 6.45. The first kappa shape index (κ1) is 14.0. The lowest BCUT2D eigenvalue weighted by Crippen LogP contribution is -2.21. The molecule has 0 bridgehead atoms. The molecule has 19 heavy (non-hydrogen) atoms. The zero-order valence-electron chi connectivity index (χ0n) is 11.1. The zero-order valence-corrected chi connectivity index (χ0v) is 11.1. The van der Waals surface area contributed by atoms with Crippen LogP contribution in [0.5, 0.6) is 0 Å². The first-order chi connectivity index (χ1) is 8.74. The summed E-state index contributed by atoms with van der Waals surface area (Å²) in [6, 6.07) is 3.99. The molecule has 0 spiro atoms. The van der Waals surface area contributed by atoms with Gasteiger partial charge in [-0.2, -0.15) is 13.2 Å². The van der Waals surface area contributed by atoms with E-state index in [9.17, 15) is 13.2 Å². The van der Waals surface area contributed by atoms with E-state index in [1.807, 2.05) is 0 Å². The van der Waals surface area contributed by atoms with Gasteiger partial charge in [0.05, 0.1) is 5.56 Å². The van der Waals surface area contributed by atoms with Crippen LogP contribution in [0.3, 0.4) is 0 Å². The van der Waals surface area contributed by atoms with Crippen molar-refractivity contribution in [2.75, 3.05) is 17.6 Å². The summed E-state index contributed by atoms with van der Waals surface area (Å²) in [5.41, 5.74) is 5.10. The van der Waals surface area contributed by atoms with Crippen molar-refractivity contribution < 1.29 is 13.2 Å². The molecule has 1 saturated carbocycles. The molecule has 0 amide bonds. The number of benzene rings is 1. The number of anilines is 2. The van der Waals surface area contributed by atoms with Crippen molar-refractivity contribution >= 4 is 11.4 Å². The molecule has 0 saturated heterocycles. The van der Waals surface area contributed by atoms with Gasteiger partial charge in [0.2, 0.25) is 0 Å². The third-order valence-corrected chi connectivity index (χ3v) is 4.12. The Hall–Kier alpha value is -1.39. The number of nitrogens with one attached hydrogen (secondary N) is 1. The Bertz CT molecular complexity index is 462. The van der Waals surface area contributed by atoms with E-state index in [1.165, 1.54) is 6.07 Å². The van der Waals surface area contributed by atoms with Gasteiger partial charge in [0.15, 0.2) is 0 Å². The molecular weight excluding hydrogens is 253 g/mol. The van der Waals surface area contributed by atoms with Crippen LogP contribution < -0.4 is 11.1 Å². The summed E-state index contributed by atoms with van der Waals surface area (Å²) in [6.07, 6.45) is -2.13. The molecule has 1 aromatic rings. The lowest BCUT2D eigenvalue weighted by atomic mass is 9.92. The molecule has 2 nitrogen and oxygen atoms in total. The summed E-state index contributed by atoms with van der Waals surface area (Å²) in [4.78, 5) is 0. The summed E-state index contributed by atoms with van der Waals surface area (Å²) in [5, 5.41) is 3.11. The van der Waals surface area contributed by atoms with Crippen molar-refractivity contribution in [2.45, 2.75) is 32.9 Å². The van der Waals surface area contributed by atoms with E-state index < -0.39 is 11.7 Å². The molecule has 1 aliphatic rings. The summed E-state index contributed by atoms with van der Waals surface area (Å²) >= 11 is 0. The van der Waals surface area contributed by atoms with E-state index >= 15 is 0 Å². The average molecular weight is 272 g/mol. The van der Waals surface area contributed by atoms with Crippen LogP contribution >= 0.6 is 0 Å². The van der Waals surface area contributed by atoms with Crippen LogP contribution in [0.4, 0.5) is 24.5 Å². The second kappa shape index (κ2) is 4.62. The molecule has 1 aliphatic carbocycles. The fourth-order valence-corrected chi connectivity index (χ4v) is 2.31. The van der Waals surface area contributed by atoms with Crippen LogP contribution in [-0.4, -0.2) is 6.54 Å². The molecule has 0 aromatic heterocycles. The Morgan fingerprint density at radius 2 is 1.95 bits per heavy atom. The minimum absolute atomic E-state index is 0.233. The van der Waals surface area contributed by atoms with Crippen molar-refractivity contribution in [1.82, 2.24) is 0 Å². The highest BCUT2D eigenvalue weighted by atomic mass is 19.4. The lowest BCUT2D eigenvalue weighted by molar-refractivity contribution is -0.136. The number of hydrogen-bond acceptors (Lipinski definition) is 2. The molecule has 1 aromatic carbocycles. The molecular formula is C14H19F3N2. The summed E-state index contributed by atoms with van der Waals surface area (Å²) < 4.78 is 38.2. The highest BCUT2D eigenvalue weighted by Gasteiger charge is 2.45. The maximum atomic E-state index is 12.7. The van der Waals surface area contributed by atoms with Crippen LogP contribution in [0.25, 0.3) is 0 Å². The first-order valence-corrected chi connectivity index (χ1v) is 6.45. The third-order valence-electron chi connectivity index (χ3n) is 4.12. The van der Waals surface area contributed by atoms with Gasteiger partial charge in [-0.1, -0.05) is 13.8 Å². The molecule has 0 unspecified atom stereocenters. The number of alkyl halides is 3. The van der Waals surface area contributed by atoms with Gasteiger partial charge in [0.25, 0.3) is 0 Å². The van der Waals surface area contributed by atoms with Gasteiger partial charge in [-0.3, -0.25) is 0 Å². The van der Waals surface area contributed by atoms with Crippen molar-refractivity contribution in [3.8, 4) is 0 Å². The summed E-state index contributed by atoms with van der Waals surface area (Å²) in [7, 11) is 0. The standard InChI is InChI=1S/C14H19F3N2/c1-9(2)13(5-6-13)8-19-10-3-4-12(18)11(7-10)14(15,16)17/h3-4,7,9,19H,5-6,8,18H2,1-2H3. The second-order valence-corrected chi connectivity index (χ2v) is 5.67. The van der Waals surface area contributed by atoms with Gasteiger partial charge >= 0.3 is 6.18 Å². The third kappa shape index (κ3) is 2.96. The molecule has 2 rings (SSSR count). The zero-order chi connectivity index (χ0) is 14.3. The maximum absolute atomic E-state index is 12.7. The Morgan fingerprint density at radius 3 is 2.42 bits per heavy atom. The molecule has 1 fully saturated rings. The highest BCUT2D eigenvalue weighted by Crippen LogP contribution is 2.51. The number of rotatable bonds is 4. The van der Waals surface area contributed by atoms with E-state index in [1.54, 1.807) is 6.07 Å². The monoisotopic (exact) mass is 272 g/mol. The minimum atomic E-state index is -4.41. The Balaban J connectivity index is 2.10. The highest BCUT2D eigenvalue weighted by molar-refractivity contribution is 5.58. The van der Waals surface area contributed by atoms with Crippen LogP contribution in [0.2, 0.25) is 0 Å². The summed E-state index contributed by atoms with van der Waals surface area (Å²) in [5.74, 6) is 0.538. The molecule has 0 aliphatic heterocycles. The van der Waals surface area contributed by atoms with Gasteiger partial charge in [-0.15, -0.1) is 0 Å². The molecule has 5 heteroatoms. The van der Waals surface area contributed by atoms with E-state index in [4.69, 9.17) is 5.73 Å². The molecule has 3 N–H and O–H groups in total. The minimum Gasteiger partial charge on any atom is -0.398 e. The van der Waals surface area contributed by atoms with Crippen molar-refractivity contribution in [1.29, 1.82) is 0 Å². The number of nitrogen functional groups attached to an aromatic ring is 1. The average Bonchev–Trinajstić information content (AvgIpc) is 3.07. The summed E-state index contributed by atoms with van der Waals surface area (Å²) in [6.45, 7) is 5.02. The topological polar surface area (TPSA) is 38.0 Å². The fraction of sp³-hybridized carbons (Fsp3) is 0.571. The fourth-order valence-electron chi connectivity index (χ4n) is 2.31. The predicted molar refractivity (Wildman–Crippen MR) is 70.9 cm³/mol. The quantitative estimate of drug-likeness (QED) is 0.808. The maximum Gasteiger partial charge on any atom is 0.418 e. The number of halogens is 3. The van der Waals surface area contributed by atoms with Crippen LogP contribution in [0, 0.1) is 11.3 Å². The SMILES string of the molecule is CC(C)C1(CNc2ccc(N)c(C(F)(F)F)c2)CC1. The van der Waals surface area contributed by atoms with Crippen molar-refractivity contribution in [3.05, 3.63) is 23.8 Å². The van der Waals surface area contributed by atoms with Crippen LogP contribution in [0.15, 0.2) is 18.2 Å². The van der Waals surface area contributed by atoms with Gasteiger partial charge in [-0.05, 0) is 42.4 Å². The number of nitrogens with two attached hydrogens (primary N) is 1. The van der Waals surface area contributed by atoms with Gasteiger partial charge in [0.1, 0.15) is 0 Å². The van der Waals surface area contributed by atoms with Gasteiger partial charge in [-0.25, -0.2) is 0 Å². The Labute approximate surface area is 111 Å². The van der Waals surface area contributed by atoms with Gasteiger partial charge in [0, 0.05) is 17.9 Å². The van der Waals surface area contributed by atoms with Crippen LogP contribution in [0.1, 0.15) is 32.3 Å². The molecule has 106 valence electrons.